The number of anilines is 2. The zero-order valence-electron chi connectivity index (χ0n) is 19.9. The number of esters is 1. The summed E-state index contributed by atoms with van der Waals surface area (Å²) in [5.74, 6) is -0.214. The zero-order chi connectivity index (χ0) is 24.8. The summed E-state index contributed by atoms with van der Waals surface area (Å²) in [6.07, 6.45) is 3.10. The van der Waals surface area contributed by atoms with Crippen LogP contribution in [0, 0.1) is 10.1 Å². The average molecular weight is 483 g/mol. The van der Waals surface area contributed by atoms with Crippen LogP contribution in [0.3, 0.4) is 0 Å². The van der Waals surface area contributed by atoms with E-state index in [1.165, 1.54) is 12.1 Å². The molecule has 10 nitrogen and oxygen atoms in total. The van der Waals surface area contributed by atoms with Crippen LogP contribution in [-0.2, 0) is 9.53 Å². The van der Waals surface area contributed by atoms with Crippen molar-refractivity contribution in [1.29, 1.82) is 0 Å². The van der Waals surface area contributed by atoms with Gasteiger partial charge in [-0.05, 0) is 49.6 Å². The van der Waals surface area contributed by atoms with Crippen molar-refractivity contribution in [3.8, 4) is 5.75 Å². The number of amides is 1. The molecule has 2 heterocycles. The SMILES string of the molecule is COc1ccc(N2CCN(C(=O)COC(=O)c3cc([N+](=O)[O-])ccc3N3CCCCC3)CC2)cc1. The van der Waals surface area contributed by atoms with Crippen LogP contribution >= 0.6 is 0 Å². The first-order valence-electron chi connectivity index (χ1n) is 11.8. The molecule has 2 aliphatic rings. The van der Waals surface area contributed by atoms with E-state index < -0.39 is 17.5 Å². The van der Waals surface area contributed by atoms with Gasteiger partial charge in [0.25, 0.3) is 11.6 Å². The van der Waals surface area contributed by atoms with Gasteiger partial charge < -0.3 is 24.2 Å². The molecule has 0 aromatic heterocycles. The Hall–Kier alpha value is -3.82. The molecule has 0 spiro atoms. The first-order chi connectivity index (χ1) is 17.0. The third-order valence-electron chi connectivity index (χ3n) is 6.50. The minimum atomic E-state index is -0.723. The Balaban J connectivity index is 1.35. The molecule has 0 bridgehead atoms. The Kier molecular flexibility index (Phi) is 7.69. The highest BCUT2D eigenvalue weighted by Gasteiger charge is 2.26. The topological polar surface area (TPSA) is 105 Å². The van der Waals surface area contributed by atoms with Gasteiger partial charge in [0, 0.05) is 57.1 Å². The Bertz CT molecular complexity index is 1060. The predicted octanol–water partition coefficient (Wildman–Crippen LogP) is 3.10. The number of nitro benzene ring substituents is 1. The van der Waals surface area contributed by atoms with Crippen LogP contribution in [0.1, 0.15) is 29.6 Å². The minimum absolute atomic E-state index is 0.123. The summed E-state index contributed by atoms with van der Waals surface area (Å²) in [5, 5.41) is 11.3. The van der Waals surface area contributed by atoms with E-state index in [9.17, 15) is 19.7 Å². The lowest BCUT2D eigenvalue weighted by molar-refractivity contribution is -0.384. The van der Waals surface area contributed by atoms with Crippen LogP contribution in [0.5, 0.6) is 5.75 Å². The van der Waals surface area contributed by atoms with Crippen molar-refractivity contribution in [3.05, 3.63) is 58.1 Å². The van der Waals surface area contributed by atoms with Crippen molar-refractivity contribution in [1.82, 2.24) is 4.90 Å². The molecule has 0 atom stereocenters. The number of benzene rings is 2. The smallest absolute Gasteiger partial charge is 0.341 e. The standard InChI is InChI=1S/C25H30N4O6/c1-34-21-8-5-19(6-9-21)26-13-15-28(16-14-26)24(30)18-35-25(31)22-17-20(29(32)33)7-10-23(22)27-11-3-2-4-12-27/h5-10,17H,2-4,11-16,18H2,1H3. The number of nitro groups is 1. The minimum Gasteiger partial charge on any atom is -0.497 e. The van der Waals surface area contributed by atoms with Gasteiger partial charge in [-0.1, -0.05) is 0 Å². The van der Waals surface area contributed by atoms with E-state index in [4.69, 9.17) is 9.47 Å². The van der Waals surface area contributed by atoms with Gasteiger partial charge in [-0.15, -0.1) is 0 Å². The molecule has 35 heavy (non-hydrogen) atoms. The zero-order valence-corrected chi connectivity index (χ0v) is 19.9. The molecular formula is C25H30N4O6. The van der Waals surface area contributed by atoms with Gasteiger partial charge in [0.2, 0.25) is 0 Å². The number of carbonyl (C=O) groups excluding carboxylic acids is 2. The fourth-order valence-electron chi connectivity index (χ4n) is 4.52. The number of non-ortho nitro benzene ring substituents is 1. The van der Waals surface area contributed by atoms with Gasteiger partial charge in [0.05, 0.1) is 23.3 Å². The van der Waals surface area contributed by atoms with Gasteiger partial charge in [0.15, 0.2) is 6.61 Å². The summed E-state index contributed by atoms with van der Waals surface area (Å²) in [5.41, 5.74) is 1.61. The van der Waals surface area contributed by atoms with Gasteiger partial charge in [-0.3, -0.25) is 14.9 Å². The number of hydrogen-bond donors (Lipinski definition) is 0. The number of carbonyl (C=O) groups is 2. The third kappa shape index (κ3) is 5.82. The molecule has 2 fully saturated rings. The van der Waals surface area contributed by atoms with Crippen LogP contribution in [0.15, 0.2) is 42.5 Å². The van der Waals surface area contributed by atoms with E-state index in [0.717, 1.165) is 43.8 Å². The lowest BCUT2D eigenvalue weighted by atomic mass is 10.1. The number of methoxy groups -OCH3 is 1. The number of rotatable bonds is 7. The van der Waals surface area contributed by atoms with Gasteiger partial charge in [-0.25, -0.2) is 4.79 Å². The second-order valence-corrected chi connectivity index (χ2v) is 8.65. The van der Waals surface area contributed by atoms with Crippen molar-refractivity contribution in [2.75, 3.05) is 62.8 Å². The molecule has 0 radical (unpaired) electrons. The second kappa shape index (κ2) is 11.1. The Labute approximate surface area is 204 Å². The molecule has 0 N–H and O–H groups in total. The predicted molar refractivity (Wildman–Crippen MR) is 131 cm³/mol. The van der Waals surface area contributed by atoms with Crippen molar-refractivity contribution in [2.24, 2.45) is 0 Å². The molecule has 0 aliphatic carbocycles. The van der Waals surface area contributed by atoms with E-state index in [2.05, 4.69) is 4.90 Å². The summed E-state index contributed by atoms with van der Waals surface area (Å²) >= 11 is 0. The van der Waals surface area contributed by atoms with Crippen molar-refractivity contribution >= 4 is 28.9 Å². The first kappa shape index (κ1) is 24.3. The fourth-order valence-corrected chi connectivity index (χ4v) is 4.52. The van der Waals surface area contributed by atoms with Crippen LogP contribution < -0.4 is 14.5 Å². The fraction of sp³-hybridized carbons (Fsp3) is 0.440. The van der Waals surface area contributed by atoms with Crippen molar-refractivity contribution < 1.29 is 24.0 Å². The highest BCUT2D eigenvalue weighted by molar-refractivity contribution is 5.97. The van der Waals surface area contributed by atoms with Crippen LogP contribution in [0.2, 0.25) is 0 Å². The van der Waals surface area contributed by atoms with Gasteiger partial charge in [-0.2, -0.15) is 0 Å². The highest BCUT2D eigenvalue weighted by Crippen LogP contribution is 2.29. The summed E-state index contributed by atoms with van der Waals surface area (Å²) in [6, 6.07) is 12.0. The number of hydrogen-bond acceptors (Lipinski definition) is 8. The van der Waals surface area contributed by atoms with E-state index >= 15 is 0 Å². The molecule has 186 valence electrons. The van der Waals surface area contributed by atoms with Gasteiger partial charge >= 0.3 is 5.97 Å². The third-order valence-corrected chi connectivity index (χ3v) is 6.50. The molecule has 2 aliphatic heterocycles. The lowest BCUT2D eigenvalue weighted by Crippen LogP contribution is -2.49. The monoisotopic (exact) mass is 482 g/mol. The molecule has 1 amide bonds. The molecule has 2 aromatic rings. The molecule has 0 saturated carbocycles. The van der Waals surface area contributed by atoms with E-state index in [1.54, 1.807) is 18.1 Å². The highest BCUT2D eigenvalue weighted by atomic mass is 16.6. The van der Waals surface area contributed by atoms with E-state index in [0.29, 0.717) is 31.9 Å². The van der Waals surface area contributed by atoms with E-state index in [-0.39, 0.29) is 17.2 Å². The largest absolute Gasteiger partial charge is 0.497 e. The quantitative estimate of drug-likeness (QED) is 0.337. The van der Waals surface area contributed by atoms with Crippen LogP contribution in [0.4, 0.5) is 17.1 Å². The molecule has 2 saturated heterocycles. The van der Waals surface area contributed by atoms with Crippen molar-refractivity contribution in [2.45, 2.75) is 19.3 Å². The number of ether oxygens (including phenoxy) is 2. The molecule has 0 unspecified atom stereocenters. The Morgan fingerprint density at radius 3 is 2.23 bits per heavy atom. The number of piperazine rings is 1. The van der Waals surface area contributed by atoms with Crippen LogP contribution in [0.25, 0.3) is 0 Å². The first-order valence-corrected chi connectivity index (χ1v) is 11.8. The number of nitrogens with zero attached hydrogens (tertiary/aromatic N) is 4. The van der Waals surface area contributed by atoms with Crippen LogP contribution in [-0.4, -0.2) is 74.7 Å². The van der Waals surface area contributed by atoms with E-state index in [1.807, 2.05) is 29.2 Å². The second-order valence-electron chi connectivity index (χ2n) is 8.65. The molecular weight excluding hydrogens is 452 g/mol. The summed E-state index contributed by atoms with van der Waals surface area (Å²) in [7, 11) is 1.62. The number of piperidine rings is 1. The molecule has 2 aromatic carbocycles. The maximum atomic E-state index is 12.9. The summed E-state index contributed by atoms with van der Waals surface area (Å²) < 4.78 is 10.5. The Morgan fingerprint density at radius 2 is 1.60 bits per heavy atom. The molecule has 4 rings (SSSR count). The molecule has 10 heteroatoms. The van der Waals surface area contributed by atoms with Gasteiger partial charge in [0.1, 0.15) is 5.75 Å². The average Bonchev–Trinajstić information content (AvgIpc) is 2.91. The van der Waals surface area contributed by atoms with Crippen molar-refractivity contribution in [3.63, 3.8) is 0 Å². The summed E-state index contributed by atoms with van der Waals surface area (Å²) in [6.45, 7) is 3.50. The summed E-state index contributed by atoms with van der Waals surface area (Å²) in [4.78, 5) is 42.2. The maximum Gasteiger partial charge on any atom is 0.341 e. The normalized spacial score (nSPS) is 16.1. The maximum absolute atomic E-state index is 12.9. The lowest BCUT2D eigenvalue weighted by Gasteiger charge is -2.36. The Morgan fingerprint density at radius 1 is 0.914 bits per heavy atom.